The Bertz CT molecular complexity index is 1130. The molecular formula is C13H9N3O6S2. The van der Waals surface area contributed by atoms with Gasteiger partial charge < -0.3 is 0 Å². The highest BCUT2D eigenvalue weighted by atomic mass is 32.2. The van der Waals surface area contributed by atoms with Crippen LogP contribution in [-0.2, 0) is 26.7 Å². The van der Waals surface area contributed by atoms with Gasteiger partial charge in [-0.1, -0.05) is 29.4 Å². The monoisotopic (exact) mass is 367 g/mol. The SMILES string of the molecule is [N-]=[N+]=Nc1c2c(cc(S(=O)(=O)O)c1S(=O)(=O)O)-c1ccccc1C2. The molecule has 0 radical (unpaired) electrons. The van der Waals surface area contributed by atoms with Gasteiger partial charge in [0.25, 0.3) is 20.2 Å². The van der Waals surface area contributed by atoms with Gasteiger partial charge in [-0.3, -0.25) is 9.11 Å². The summed E-state index contributed by atoms with van der Waals surface area (Å²) in [7, 11) is -10.1. The van der Waals surface area contributed by atoms with Gasteiger partial charge in [0.05, 0.1) is 5.69 Å². The molecule has 11 heteroatoms. The minimum absolute atomic E-state index is 0.189. The van der Waals surface area contributed by atoms with Crippen molar-refractivity contribution in [1.29, 1.82) is 0 Å². The van der Waals surface area contributed by atoms with E-state index in [9.17, 15) is 25.9 Å². The Kier molecular flexibility index (Phi) is 3.62. The first-order valence-corrected chi connectivity index (χ1v) is 9.31. The molecule has 0 bridgehead atoms. The van der Waals surface area contributed by atoms with E-state index in [0.29, 0.717) is 11.1 Å². The number of rotatable bonds is 3. The van der Waals surface area contributed by atoms with Gasteiger partial charge in [-0.15, -0.1) is 0 Å². The van der Waals surface area contributed by atoms with Gasteiger partial charge in [0.2, 0.25) is 0 Å². The standard InChI is InChI=1S/C13H9N3O6S2/c14-16-15-12-10-5-7-3-1-2-4-8(7)9(10)6-11(23(17,18)19)13(12)24(20,21)22/h1-4,6H,5H2,(H,17,18,19)(H,20,21,22). The van der Waals surface area contributed by atoms with Gasteiger partial charge in [0.15, 0.2) is 0 Å². The van der Waals surface area contributed by atoms with E-state index in [1.165, 1.54) is 0 Å². The van der Waals surface area contributed by atoms with E-state index in [1.807, 2.05) is 0 Å². The van der Waals surface area contributed by atoms with Crippen LogP contribution in [0.1, 0.15) is 11.1 Å². The molecule has 0 unspecified atom stereocenters. The van der Waals surface area contributed by atoms with Crippen molar-refractivity contribution in [3.8, 4) is 11.1 Å². The van der Waals surface area contributed by atoms with Crippen molar-refractivity contribution in [3.05, 3.63) is 51.9 Å². The zero-order chi connectivity index (χ0) is 17.7. The first-order valence-electron chi connectivity index (χ1n) is 6.43. The fourth-order valence-corrected chi connectivity index (χ4v) is 4.75. The minimum Gasteiger partial charge on any atom is -0.282 e. The van der Waals surface area contributed by atoms with Gasteiger partial charge in [0.1, 0.15) is 9.79 Å². The van der Waals surface area contributed by atoms with Crippen LogP contribution >= 0.6 is 0 Å². The molecule has 0 amide bonds. The Morgan fingerprint density at radius 2 is 1.71 bits per heavy atom. The lowest BCUT2D eigenvalue weighted by molar-refractivity contribution is 0.467. The second-order valence-electron chi connectivity index (χ2n) is 5.05. The van der Waals surface area contributed by atoms with E-state index in [0.717, 1.165) is 11.6 Å². The van der Waals surface area contributed by atoms with Crippen molar-refractivity contribution in [1.82, 2.24) is 0 Å². The average molecular weight is 367 g/mol. The van der Waals surface area contributed by atoms with Crippen molar-refractivity contribution in [2.45, 2.75) is 16.2 Å². The molecule has 1 aliphatic carbocycles. The summed E-state index contributed by atoms with van der Waals surface area (Å²) >= 11 is 0. The topological polar surface area (TPSA) is 158 Å². The molecule has 0 heterocycles. The molecule has 2 aromatic carbocycles. The van der Waals surface area contributed by atoms with Crippen LogP contribution in [0.5, 0.6) is 0 Å². The number of hydrogen-bond acceptors (Lipinski definition) is 5. The summed E-state index contributed by atoms with van der Waals surface area (Å²) in [6, 6.07) is 7.82. The normalized spacial score (nSPS) is 13.1. The fourth-order valence-electron chi connectivity index (χ4n) is 2.80. The molecule has 124 valence electrons. The molecule has 0 spiro atoms. The number of hydrogen-bond donors (Lipinski definition) is 2. The first-order chi connectivity index (χ1) is 11.1. The average Bonchev–Trinajstić information content (AvgIpc) is 2.84. The molecule has 0 aromatic heterocycles. The van der Waals surface area contributed by atoms with Crippen LogP contribution in [0.2, 0.25) is 0 Å². The van der Waals surface area contributed by atoms with Crippen LogP contribution < -0.4 is 0 Å². The molecule has 9 nitrogen and oxygen atoms in total. The minimum atomic E-state index is -5.08. The Hall–Kier alpha value is -2.43. The number of nitrogens with zero attached hydrogens (tertiary/aromatic N) is 3. The lowest BCUT2D eigenvalue weighted by Gasteiger charge is -2.12. The van der Waals surface area contributed by atoms with Crippen LogP contribution in [-0.4, -0.2) is 25.9 Å². The third-order valence-electron chi connectivity index (χ3n) is 3.68. The predicted molar refractivity (Wildman–Crippen MR) is 83.1 cm³/mol. The van der Waals surface area contributed by atoms with Crippen molar-refractivity contribution in [2.24, 2.45) is 5.11 Å². The maximum absolute atomic E-state index is 11.7. The Morgan fingerprint density at radius 1 is 1.04 bits per heavy atom. The zero-order valence-corrected chi connectivity index (χ0v) is 13.4. The molecule has 2 N–H and O–H groups in total. The maximum Gasteiger partial charge on any atom is 0.296 e. The quantitative estimate of drug-likeness (QED) is 0.313. The van der Waals surface area contributed by atoms with Crippen molar-refractivity contribution < 1.29 is 25.9 Å². The summed E-state index contributed by atoms with van der Waals surface area (Å²) in [5, 5.41) is 3.27. The summed E-state index contributed by atoms with van der Waals surface area (Å²) < 4.78 is 65.3. The molecule has 0 atom stereocenters. The third kappa shape index (κ3) is 2.54. The highest BCUT2D eigenvalue weighted by Gasteiger charge is 2.33. The van der Waals surface area contributed by atoms with Crippen molar-refractivity contribution in [2.75, 3.05) is 0 Å². The fraction of sp³-hybridized carbons (Fsp3) is 0.0769. The lowest BCUT2D eigenvalue weighted by Crippen LogP contribution is -2.10. The molecule has 0 fully saturated rings. The Labute approximate surface area is 136 Å². The Morgan fingerprint density at radius 3 is 2.29 bits per heavy atom. The molecule has 24 heavy (non-hydrogen) atoms. The summed E-state index contributed by atoms with van der Waals surface area (Å²) in [4.78, 5) is 0.347. The molecule has 2 aromatic rings. The van der Waals surface area contributed by atoms with Crippen LogP contribution in [0, 0.1) is 0 Å². The van der Waals surface area contributed by atoms with Crippen LogP contribution in [0.3, 0.4) is 0 Å². The van der Waals surface area contributed by atoms with Crippen LogP contribution in [0.4, 0.5) is 5.69 Å². The third-order valence-corrected chi connectivity index (χ3v) is 5.62. The number of azide groups is 1. The highest BCUT2D eigenvalue weighted by Crippen LogP contribution is 2.46. The van der Waals surface area contributed by atoms with E-state index in [-0.39, 0.29) is 12.0 Å². The van der Waals surface area contributed by atoms with E-state index in [1.54, 1.807) is 24.3 Å². The van der Waals surface area contributed by atoms with E-state index >= 15 is 0 Å². The van der Waals surface area contributed by atoms with Gasteiger partial charge in [-0.2, -0.15) is 16.8 Å². The molecule has 3 rings (SSSR count). The summed E-state index contributed by atoms with van der Waals surface area (Å²) in [6.07, 6.45) is 0.189. The smallest absolute Gasteiger partial charge is 0.282 e. The summed E-state index contributed by atoms with van der Waals surface area (Å²) in [5.41, 5.74) is 10.1. The molecule has 1 aliphatic rings. The maximum atomic E-state index is 11.7. The van der Waals surface area contributed by atoms with E-state index in [2.05, 4.69) is 10.0 Å². The molecule has 0 aliphatic heterocycles. The molecular weight excluding hydrogens is 358 g/mol. The second-order valence-corrected chi connectivity index (χ2v) is 7.80. The van der Waals surface area contributed by atoms with Crippen molar-refractivity contribution >= 4 is 25.9 Å². The second kappa shape index (κ2) is 5.30. The van der Waals surface area contributed by atoms with Gasteiger partial charge >= 0.3 is 0 Å². The lowest BCUT2D eigenvalue weighted by atomic mass is 10.1. The van der Waals surface area contributed by atoms with Crippen LogP contribution in [0.25, 0.3) is 21.6 Å². The summed E-state index contributed by atoms with van der Waals surface area (Å²) in [6.45, 7) is 0. The van der Waals surface area contributed by atoms with Crippen LogP contribution in [0.15, 0.2) is 45.2 Å². The van der Waals surface area contributed by atoms with Gasteiger partial charge in [-0.25, -0.2) is 0 Å². The summed E-state index contributed by atoms with van der Waals surface area (Å²) in [5.74, 6) is 0. The molecule has 0 saturated heterocycles. The van der Waals surface area contributed by atoms with Gasteiger partial charge in [0, 0.05) is 4.91 Å². The van der Waals surface area contributed by atoms with E-state index in [4.69, 9.17) is 5.53 Å². The zero-order valence-electron chi connectivity index (χ0n) is 11.8. The largest absolute Gasteiger partial charge is 0.296 e. The van der Waals surface area contributed by atoms with Gasteiger partial charge in [-0.05, 0) is 40.3 Å². The predicted octanol–water partition coefficient (Wildman–Crippen LogP) is 2.69. The van der Waals surface area contributed by atoms with E-state index < -0.39 is 35.7 Å². The van der Waals surface area contributed by atoms with Crippen molar-refractivity contribution in [3.63, 3.8) is 0 Å². The molecule has 0 saturated carbocycles. The number of benzene rings is 2. The number of fused-ring (bicyclic) bond motifs is 3. The highest BCUT2D eigenvalue weighted by molar-refractivity contribution is 7.89. The first kappa shape index (κ1) is 16.4. The Balaban J connectivity index is 2.55.